The molecule has 4 heteroatoms. The number of anilines is 1. The lowest BCUT2D eigenvalue weighted by Gasteiger charge is -2.30. The zero-order valence-electron chi connectivity index (χ0n) is 11.6. The van der Waals surface area contributed by atoms with Crippen molar-refractivity contribution in [2.24, 2.45) is 18.2 Å². The molecule has 0 bridgehead atoms. The Morgan fingerprint density at radius 2 is 2.11 bits per heavy atom. The van der Waals surface area contributed by atoms with Crippen LogP contribution in [0.4, 0.5) is 5.69 Å². The van der Waals surface area contributed by atoms with E-state index in [9.17, 15) is 0 Å². The molecule has 18 heavy (non-hydrogen) atoms. The van der Waals surface area contributed by atoms with E-state index in [1.807, 2.05) is 17.9 Å². The van der Waals surface area contributed by atoms with Gasteiger partial charge in [-0.25, -0.2) is 4.98 Å². The Balaban J connectivity index is 2.25. The van der Waals surface area contributed by atoms with E-state index in [0.29, 0.717) is 6.54 Å². The highest BCUT2D eigenvalue weighted by atomic mass is 15.1. The van der Waals surface area contributed by atoms with Crippen molar-refractivity contribution in [2.45, 2.75) is 13.8 Å². The van der Waals surface area contributed by atoms with Crippen LogP contribution in [0.15, 0.2) is 24.5 Å². The molecule has 0 radical (unpaired) electrons. The molecule has 1 heterocycles. The molecule has 0 aliphatic carbocycles. The maximum Gasteiger partial charge on any atom is 0.0955 e. The number of aryl methyl sites for hydroxylation is 1. The van der Waals surface area contributed by atoms with Gasteiger partial charge in [-0.05, 0) is 30.2 Å². The van der Waals surface area contributed by atoms with Crippen LogP contribution < -0.4 is 10.6 Å². The highest BCUT2D eigenvalue weighted by Gasteiger charge is 2.18. The second-order valence-corrected chi connectivity index (χ2v) is 5.75. The van der Waals surface area contributed by atoms with Crippen molar-refractivity contribution < 1.29 is 0 Å². The van der Waals surface area contributed by atoms with E-state index in [4.69, 9.17) is 5.73 Å². The van der Waals surface area contributed by atoms with Gasteiger partial charge in [0.05, 0.1) is 17.4 Å². The molecule has 0 spiro atoms. The lowest BCUT2D eigenvalue weighted by Crippen LogP contribution is -2.36. The van der Waals surface area contributed by atoms with Gasteiger partial charge in [0, 0.05) is 26.3 Å². The second-order valence-electron chi connectivity index (χ2n) is 5.75. The summed E-state index contributed by atoms with van der Waals surface area (Å²) < 4.78 is 2.03. The number of rotatable bonds is 4. The number of benzene rings is 1. The maximum atomic E-state index is 5.78. The standard InChI is InChI=1S/C14H22N4/c1-14(2,8-15)9-17(3)11-5-6-13-12(7-11)16-10-18(13)4/h5-7,10H,8-9,15H2,1-4H3. The summed E-state index contributed by atoms with van der Waals surface area (Å²) in [6.45, 7) is 5.98. The quantitative estimate of drug-likeness (QED) is 0.897. The summed E-state index contributed by atoms with van der Waals surface area (Å²) in [4.78, 5) is 6.63. The summed E-state index contributed by atoms with van der Waals surface area (Å²) in [6, 6.07) is 6.38. The molecule has 0 unspecified atom stereocenters. The Kier molecular flexibility index (Phi) is 3.30. The number of aromatic nitrogens is 2. The maximum absolute atomic E-state index is 5.78. The molecular weight excluding hydrogens is 224 g/mol. The minimum absolute atomic E-state index is 0.119. The van der Waals surface area contributed by atoms with Crippen molar-refractivity contribution in [3.05, 3.63) is 24.5 Å². The Labute approximate surface area is 108 Å². The molecule has 1 aromatic heterocycles. The van der Waals surface area contributed by atoms with Crippen LogP contribution in [0.5, 0.6) is 0 Å². The summed E-state index contributed by atoms with van der Waals surface area (Å²) in [6.07, 6.45) is 1.85. The molecule has 0 saturated heterocycles. The van der Waals surface area contributed by atoms with Gasteiger partial charge in [-0.1, -0.05) is 13.8 Å². The van der Waals surface area contributed by atoms with Gasteiger partial charge in [0.2, 0.25) is 0 Å². The van der Waals surface area contributed by atoms with Gasteiger partial charge < -0.3 is 15.2 Å². The zero-order chi connectivity index (χ0) is 13.3. The topological polar surface area (TPSA) is 47.1 Å². The minimum Gasteiger partial charge on any atom is -0.374 e. The third-order valence-electron chi connectivity index (χ3n) is 3.37. The molecule has 0 aliphatic heterocycles. The van der Waals surface area contributed by atoms with E-state index >= 15 is 0 Å². The normalized spacial score (nSPS) is 12.1. The molecule has 98 valence electrons. The Hall–Kier alpha value is -1.55. The van der Waals surface area contributed by atoms with Crippen molar-refractivity contribution in [3.8, 4) is 0 Å². The summed E-state index contributed by atoms with van der Waals surface area (Å²) >= 11 is 0. The molecule has 0 atom stereocenters. The Morgan fingerprint density at radius 3 is 2.78 bits per heavy atom. The molecule has 0 fully saturated rings. The predicted molar refractivity (Wildman–Crippen MR) is 76.8 cm³/mol. The fourth-order valence-corrected chi connectivity index (χ4v) is 2.16. The Morgan fingerprint density at radius 1 is 1.39 bits per heavy atom. The van der Waals surface area contributed by atoms with E-state index in [0.717, 1.165) is 17.6 Å². The fourth-order valence-electron chi connectivity index (χ4n) is 2.16. The summed E-state index contributed by atoms with van der Waals surface area (Å²) in [5.74, 6) is 0. The van der Waals surface area contributed by atoms with Crippen molar-refractivity contribution >= 4 is 16.7 Å². The molecule has 1 aromatic carbocycles. The average Bonchev–Trinajstić information content (AvgIpc) is 2.70. The number of nitrogens with zero attached hydrogens (tertiary/aromatic N) is 3. The van der Waals surface area contributed by atoms with Gasteiger partial charge >= 0.3 is 0 Å². The third kappa shape index (κ3) is 2.48. The van der Waals surface area contributed by atoms with Gasteiger partial charge in [0.15, 0.2) is 0 Å². The second kappa shape index (κ2) is 4.61. The monoisotopic (exact) mass is 246 g/mol. The van der Waals surface area contributed by atoms with Gasteiger partial charge in [-0.3, -0.25) is 0 Å². The summed E-state index contributed by atoms with van der Waals surface area (Å²) in [7, 11) is 4.11. The molecule has 0 saturated carbocycles. The van der Waals surface area contributed by atoms with E-state index < -0.39 is 0 Å². The molecule has 2 rings (SSSR count). The van der Waals surface area contributed by atoms with Crippen molar-refractivity contribution in [2.75, 3.05) is 25.0 Å². The van der Waals surface area contributed by atoms with E-state index in [1.165, 1.54) is 5.69 Å². The molecule has 4 nitrogen and oxygen atoms in total. The number of hydrogen-bond acceptors (Lipinski definition) is 3. The summed E-state index contributed by atoms with van der Waals surface area (Å²) in [5.41, 5.74) is 9.28. The fraction of sp³-hybridized carbons (Fsp3) is 0.500. The van der Waals surface area contributed by atoms with E-state index in [2.05, 4.69) is 49.0 Å². The first-order valence-electron chi connectivity index (χ1n) is 6.25. The van der Waals surface area contributed by atoms with Crippen LogP contribution in [0.25, 0.3) is 11.0 Å². The van der Waals surface area contributed by atoms with Crippen molar-refractivity contribution in [1.29, 1.82) is 0 Å². The number of hydrogen-bond donors (Lipinski definition) is 1. The summed E-state index contributed by atoms with van der Waals surface area (Å²) in [5, 5.41) is 0. The van der Waals surface area contributed by atoms with Crippen LogP contribution in [0, 0.1) is 5.41 Å². The molecule has 2 aromatic rings. The molecule has 2 N–H and O–H groups in total. The van der Waals surface area contributed by atoms with E-state index in [-0.39, 0.29) is 5.41 Å². The predicted octanol–water partition coefficient (Wildman–Crippen LogP) is 1.99. The van der Waals surface area contributed by atoms with Crippen LogP contribution in [0.3, 0.4) is 0 Å². The van der Waals surface area contributed by atoms with E-state index in [1.54, 1.807) is 0 Å². The van der Waals surface area contributed by atoms with Crippen LogP contribution in [-0.2, 0) is 7.05 Å². The van der Waals surface area contributed by atoms with Crippen molar-refractivity contribution in [3.63, 3.8) is 0 Å². The number of fused-ring (bicyclic) bond motifs is 1. The third-order valence-corrected chi connectivity index (χ3v) is 3.37. The van der Waals surface area contributed by atoms with Gasteiger partial charge in [-0.15, -0.1) is 0 Å². The van der Waals surface area contributed by atoms with Gasteiger partial charge in [-0.2, -0.15) is 0 Å². The number of nitrogens with two attached hydrogens (primary N) is 1. The first-order chi connectivity index (χ1) is 8.43. The first-order valence-corrected chi connectivity index (χ1v) is 6.25. The van der Waals surface area contributed by atoms with Gasteiger partial charge in [0.1, 0.15) is 0 Å². The molecule has 0 amide bonds. The van der Waals surface area contributed by atoms with Crippen LogP contribution in [0.2, 0.25) is 0 Å². The van der Waals surface area contributed by atoms with Gasteiger partial charge in [0.25, 0.3) is 0 Å². The minimum atomic E-state index is 0.119. The highest BCUT2D eigenvalue weighted by molar-refractivity contribution is 5.79. The van der Waals surface area contributed by atoms with Crippen molar-refractivity contribution in [1.82, 2.24) is 9.55 Å². The molecule has 0 aliphatic rings. The average molecular weight is 246 g/mol. The SMILES string of the molecule is CN(CC(C)(C)CN)c1ccc2c(c1)ncn2C. The molecular formula is C14H22N4. The number of imidazole rings is 1. The smallest absolute Gasteiger partial charge is 0.0955 e. The zero-order valence-corrected chi connectivity index (χ0v) is 11.6. The Bertz CT molecular complexity index is 542. The van der Waals surface area contributed by atoms with Crippen LogP contribution in [-0.4, -0.2) is 29.7 Å². The first kappa shape index (κ1) is 12.9. The highest BCUT2D eigenvalue weighted by Crippen LogP contribution is 2.23. The lowest BCUT2D eigenvalue weighted by molar-refractivity contribution is 0.385. The largest absolute Gasteiger partial charge is 0.374 e. The van der Waals surface area contributed by atoms with Crippen LogP contribution in [0.1, 0.15) is 13.8 Å². The lowest BCUT2D eigenvalue weighted by atomic mass is 9.93. The van der Waals surface area contributed by atoms with Crippen LogP contribution >= 0.6 is 0 Å².